The molecule has 0 fully saturated rings. The van der Waals surface area contributed by atoms with E-state index in [0.717, 1.165) is 17.4 Å². The summed E-state index contributed by atoms with van der Waals surface area (Å²) in [6, 6.07) is 10.9. The monoisotopic (exact) mass is 292 g/mol. The Hall–Kier alpha value is -1.94. The fourth-order valence-corrected chi connectivity index (χ4v) is 2.12. The van der Waals surface area contributed by atoms with Crippen molar-refractivity contribution in [3.8, 4) is 5.75 Å². The summed E-state index contributed by atoms with van der Waals surface area (Å²) in [6.07, 6.45) is -0.103. The van der Waals surface area contributed by atoms with Crippen molar-refractivity contribution >= 4 is 0 Å². The lowest BCUT2D eigenvalue weighted by molar-refractivity contribution is 0.139. The van der Waals surface area contributed by atoms with Crippen LogP contribution in [-0.2, 0) is 6.42 Å². The van der Waals surface area contributed by atoms with Crippen molar-refractivity contribution < 1.29 is 18.6 Å². The Morgan fingerprint density at radius 2 is 1.81 bits per heavy atom. The summed E-state index contributed by atoms with van der Waals surface area (Å²) in [5.74, 6) is -0.513. The van der Waals surface area contributed by atoms with Crippen LogP contribution >= 0.6 is 0 Å². The van der Waals surface area contributed by atoms with Crippen molar-refractivity contribution in [2.24, 2.45) is 0 Å². The SMILES string of the molecule is Cc1cccc(OCCC(O)Cc2cc(F)cc(F)c2)c1. The van der Waals surface area contributed by atoms with Crippen LogP contribution in [0.25, 0.3) is 0 Å². The average Bonchev–Trinajstić information content (AvgIpc) is 2.37. The largest absolute Gasteiger partial charge is 0.493 e. The number of benzene rings is 2. The Balaban J connectivity index is 1.80. The zero-order valence-corrected chi connectivity index (χ0v) is 11.9. The van der Waals surface area contributed by atoms with Crippen LogP contribution in [0.3, 0.4) is 0 Å². The first kappa shape index (κ1) is 15.4. The fourth-order valence-electron chi connectivity index (χ4n) is 2.12. The predicted molar refractivity (Wildman–Crippen MR) is 77.4 cm³/mol. The van der Waals surface area contributed by atoms with Crippen LogP contribution in [0.1, 0.15) is 17.5 Å². The standard InChI is InChI=1S/C17H18F2O2/c1-12-3-2-4-17(7-12)21-6-5-16(20)10-13-8-14(18)11-15(19)9-13/h2-4,7-9,11,16,20H,5-6,10H2,1H3. The molecular formula is C17H18F2O2. The zero-order valence-electron chi connectivity index (χ0n) is 11.9. The fraction of sp³-hybridized carbons (Fsp3) is 0.294. The molecule has 2 aromatic rings. The summed E-state index contributed by atoms with van der Waals surface area (Å²) in [5.41, 5.74) is 1.54. The van der Waals surface area contributed by atoms with Gasteiger partial charge in [0.05, 0.1) is 12.7 Å². The van der Waals surface area contributed by atoms with Crippen LogP contribution < -0.4 is 4.74 Å². The predicted octanol–water partition coefficient (Wildman–Crippen LogP) is 3.65. The first-order valence-electron chi connectivity index (χ1n) is 6.85. The Morgan fingerprint density at radius 3 is 2.48 bits per heavy atom. The molecule has 2 rings (SSSR count). The maximum Gasteiger partial charge on any atom is 0.126 e. The summed E-state index contributed by atoms with van der Waals surface area (Å²) in [6.45, 7) is 2.32. The van der Waals surface area contributed by atoms with Gasteiger partial charge >= 0.3 is 0 Å². The number of hydrogen-bond donors (Lipinski definition) is 1. The van der Waals surface area contributed by atoms with E-state index in [0.29, 0.717) is 18.6 Å². The van der Waals surface area contributed by atoms with Crippen molar-refractivity contribution in [2.45, 2.75) is 25.9 Å². The summed E-state index contributed by atoms with van der Waals surface area (Å²) in [5, 5.41) is 9.89. The Labute approximate surface area is 123 Å². The molecule has 1 unspecified atom stereocenters. The number of hydrogen-bond acceptors (Lipinski definition) is 2. The molecule has 1 atom stereocenters. The van der Waals surface area contributed by atoms with Gasteiger partial charge in [-0.2, -0.15) is 0 Å². The number of aliphatic hydroxyl groups excluding tert-OH is 1. The normalized spacial score (nSPS) is 12.2. The van der Waals surface area contributed by atoms with Gasteiger partial charge in [0.1, 0.15) is 17.4 Å². The molecule has 0 radical (unpaired) electrons. The van der Waals surface area contributed by atoms with E-state index in [1.807, 2.05) is 31.2 Å². The van der Waals surface area contributed by atoms with E-state index < -0.39 is 17.7 Å². The topological polar surface area (TPSA) is 29.5 Å². The summed E-state index contributed by atoms with van der Waals surface area (Å²) < 4.78 is 31.6. The molecule has 21 heavy (non-hydrogen) atoms. The van der Waals surface area contributed by atoms with Crippen molar-refractivity contribution in [3.05, 3.63) is 65.2 Å². The molecule has 2 aromatic carbocycles. The van der Waals surface area contributed by atoms with Gasteiger partial charge in [-0.05, 0) is 48.7 Å². The molecule has 0 aromatic heterocycles. The second-order valence-corrected chi connectivity index (χ2v) is 5.09. The van der Waals surface area contributed by atoms with Gasteiger partial charge in [-0.1, -0.05) is 12.1 Å². The first-order valence-corrected chi connectivity index (χ1v) is 6.85. The molecule has 0 saturated carbocycles. The Bertz CT molecular complexity index is 579. The molecule has 4 heteroatoms. The van der Waals surface area contributed by atoms with Gasteiger partial charge in [-0.3, -0.25) is 0 Å². The third kappa shape index (κ3) is 5.16. The van der Waals surface area contributed by atoms with Crippen LogP contribution in [-0.4, -0.2) is 17.8 Å². The molecule has 0 spiro atoms. The molecule has 0 aliphatic carbocycles. The molecule has 2 nitrogen and oxygen atoms in total. The number of aliphatic hydroxyl groups is 1. The van der Waals surface area contributed by atoms with Gasteiger partial charge in [0.15, 0.2) is 0 Å². The van der Waals surface area contributed by atoms with Gasteiger partial charge in [-0.15, -0.1) is 0 Å². The maximum atomic E-state index is 13.0. The summed E-state index contributed by atoms with van der Waals surface area (Å²) in [4.78, 5) is 0. The number of ether oxygens (including phenoxy) is 1. The number of rotatable bonds is 6. The highest BCUT2D eigenvalue weighted by atomic mass is 19.1. The third-order valence-corrected chi connectivity index (χ3v) is 3.10. The van der Waals surface area contributed by atoms with Crippen molar-refractivity contribution in [2.75, 3.05) is 6.61 Å². The van der Waals surface area contributed by atoms with Gasteiger partial charge in [0.25, 0.3) is 0 Å². The van der Waals surface area contributed by atoms with E-state index in [-0.39, 0.29) is 6.42 Å². The second kappa shape index (κ2) is 7.18. The van der Waals surface area contributed by atoms with Crippen molar-refractivity contribution in [1.29, 1.82) is 0 Å². The average molecular weight is 292 g/mol. The summed E-state index contributed by atoms with van der Waals surface area (Å²) in [7, 11) is 0. The van der Waals surface area contributed by atoms with Gasteiger partial charge in [-0.25, -0.2) is 8.78 Å². The smallest absolute Gasteiger partial charge is 0.126 e. The lowest BCUT2D eigenvalue weighted by Gasteiger charge is -2.12. The highest BCUT2D eigenvalue weighted by Gasteiger charge is 2.08. The molecular weight excluding hydrogens is 274 g/mol. The van der Waals surface area contributed by atoms with Crippen molar-refractivity contribution in [1.82, 2.24) is 0 Å². The Morgan fingerprint density at radius 1 is 1.10 bits per heavy atom. The number of aryl methyl sites for hydroxylation is 1. The second-order valence-electron chi connectivity index (χ2n) is 5.09. The van der Waals surface area contributed by atoms with E-state index in [4.69, 9.17) is 4.74 Å². The van der Waals surface area contributed by atoms with E-state index in [9.17, 15) is 13.9 Å². The highest BCUT2D eigenvalue weighted by molar-refractivity contribution is 5.27. The molecule has 1 N–H and O–H groups in total. The van der Waals surface area contributed by atoms with Crippen LogP contribution in [0.4, 0.5) is 8.78 Å². The van der Waals surface area contributed by atoms with Crippen LogP contribution in [0.2, 0.25) is 0 Å². The van der Waals surface area contributed by atoms with Crippen molar-refractivity contribution in [3.63, 3.8) is 0 Å². The van der Waals surface area contributed by atoms with Gasteiger partial charge in [0, 0.05) is 12.5 Å². The van der Waals surface area contributed by atoms with Crippen LogP contribution in [0, 0.1) is 18.6 Å². The van der Waals surface area contributed by atoms with E-state index in [2.05, 4.69) is 0 Å². The quantitative estimate of drug-likeness (QED) is 0.880. The van der Waals surface area contributed by atoms with E-state index in [1.165, 1.54) is 12.1 Å². The minimum Gasteiger partial charge on any atom is -0.493 e. The lowest BCUT2D eigenvalue weighted by Crippen LogP contribution is -2.15. The molecule has 0 aliphatic rings. The maximum absolute atomic E-state index is 13.0. The minimum atomic E-state index is -0.698. The van der Waals surface area contributed by atoms with Crippen LogP contribution in [0.15, 0.2) is 42.5 Å². The summed E-state index contributed by atoms with van der Waals surface area (Å²) >= 11 is 0. The molecule has 0 amide bonds. The molecule has 0 heterocycles. The van der Waals surface area contributed by atoms with Gasteiger partial charge in [0.2, 0.25) is 0 Å². The minimum absolute atomic E-state index is 0.200. The number of halogens is 2. The molecule has 112 valence electrons. The molecule has 0 aliphatic heterocycles. The molecule has 0 saturated heterocycles. The van der Waals surface area contributed by atoms with Crippen LogP contribution in [0.5, 0.6) is 5.75 Å². The van der Waals surface area contributed by atoms with Gasteiger partial charge < -0.3 is 9.84 Å². The highest BCUT2D eigenvalue weighted by Crippen LogP contribution is 2.14. The lowest BCUT2D eigenvalue weighted by atomic mass is 10.1. The Kier molecular flexibility index (Phi) is 5.28. The third-order valence-electron chi connectivity index (χ3n) is 3.10. The van der Waals surface area contributed by atoms with E-state index in [1.54, 1.807) is 0 Å². The first-order chi connectivity index (χ1) is 10.0. The zero-order chi connectivity index (χ0) is 15.2. The van der Waals surface area contributed by atoms with E-state index >= 15 is 0 Å². The molecule has 0 bridgehead atoms.